The van der Waals surface area contributed by atoms with Gasteiger partial charge >= 0.3 is 0 Å². The molecule has 0 aliphatic carbocycles. The van der Waals surface area contributed by atoms with Crippen molar-refractivity contribution in [3.05, 3.63) is 64.5 Å². The number of sulfonamides is 1. The molecule has 4 aromatic rings. The quantitative estimate of drug-likeness (QED) is 0.390. The molecule has 176 valence electrons. The number of hydrogen-bond acceptors (Lipinski definition) is 7. The summed E-state index contributed by atoms with van der Waals surface area (Å²) in [6.45, 7) is 3.29. The Kier molecular flexibility index (Phi) is 6.26. The lowest BCUT2D eigenvalue weighted by Gasteiger charge is -2.26. The SMILES string of the molecule is Cc1sc2ncnc(Nc3cc(S(=O)(=O)N4CCOCC4)ccc3Cl)c2c1-c1ccc(F)cc1. The zero-order valence-electron chi connectivity index (χ0n) is 18.1. The molecule has 34 heavy (non-hydrogen) atoms. The van der Waals surface area contributed by atoms with E-state index in [9.17, 15) is 12.8 Å². The first-order valence-electron chi connectivity index (χ1n) is 10.5. The molecule has 1 aliphatic heterocycles. The van der Waals surface area contributed by atoms with E-state index in [-0.39, 0.29) is 10.7 Å². The Bertz CT molecular complexity index is 1470. The number of anilines is 2. The Morgan fingerprint density at radius 2 is 1.85 bits per heavy atom. The van der Waals surface area contributed by atoms with Crippen molar-refractivity contribution in [2.24, 2.45) is 0 Å². The van der Waals surface area contributed by atoms with Crippen LogP contribution in [0.4, 0.5) is 15.9 Å². The molecule has 5 rings (SSSR count). The molecule has 0 unspecified atom stereocenters. The molecular weight excluding hydrogens is 499 g/mol. The van der Waals surface area contributed by atoms with Crippen molar-refractivity contribution in [1.82, 2.24) is 14.3 Å². The van der Waals surface area contributed by atoms with Gasteiger partial charge in [-0.15, -0.1) is 11.3 Å². The minimum Gasteiger partial charge on any atom is -0.379 e. The van der Waals surface area contributed by atoms with Crippen molar-refractivity contribution in [2.75, 3.05) is 31.6 Å². The van der Waals surface area contributed by atoms with Gasteiger partial charge < -0.3 is 10.1 Å². The van der Waals surface area contributed by atoms with Gasteiger partial charge in [0.25, 0.3) is 0 Å². The van der Waals surface area contributed by atoms with Crippen LogP contribution in [-0.4, -0.2) is 49.0 Å². The zero-order valence-corrected chi connectivity index (χ0v) is 20.5. The van der Waals surface area contributed by atoms with Crippen LogP contribution in [0.15, 0.2) is 53.7 Å². The molecule has 1 fully saturated rings. The number of halogens is 2. The van der Waals surface area contributed by atoms with E-state index >= 15 is 0 Å². The predicted molar refractivity (Wildman–Crippen MR) is 132 cm³/mol. The highest BCUT2D eigenvalue weighted by Gasteiger charge is 2.27. The van der Waals surface area contributed by atoms with Crippen molar-refractivity contribution in [1.29, 1.82) is 0 Å². The minimum atomic E-state index is -3.70. The monoisotopic (exact) mass is 518 g/mol. The average Bonchev–Trinajstić information content (AvgIpc) is 3.18. The Balaban J connectivity index is 1.57. The third-order valence-corrected chi connectivity index (χ3v) is 8.83. The van der Waals surface area contributed by atoms with Gasteiger partial charge in [-0.1, -0.05) is 23.7 Å². The molecule has 0 amide bonds. The van der Waals surface area contributed by atoms with Crippen molar-refractivity contribution >= 4 is 54.7 Å². The maximum absolute atomic E-state index is 13.5. The number of aryl methyl sites for hydroxylation is 1. The average molecular weight is 519 g/mol. The van der Waals surface area contributed by atoms with Gasteiger partial charge in [0.1, 0.15) is 22.8 Å². The van der Waals surface area contributed by atoms with E-state index < -0.39 is 10.0 Å². The van der Waals surface area contributed by atoms with E-state index in [4.69, 9.17) is 16.3 Å². The highest BCUT2D eigenvalue weighted by Crippen LogP contribution is 2.41. The summed E-state index contributed by atoms with van der Waals surface area (Å²) >= 11 is 7.94. The highest BCUT2D eigenvalue weighted by molar-refractivity contribution is 7.89. The Labute approximate surface area is 205 Å². The third kappa shape index (κ3) is 4.27. The molecule has 1 aliphatic rings. The first-order valence-corrected chi connectivity index (χ1v) is 13.1. The van der Waals surface area contributed by atoms with Gasteiger partial charge in [0.2, 0.25) is 10.0 Å². The number of nitrogens with zero attached hydrogens (tertiary/aromatic N) is 3. The predicted octanol–water partition coefficient (Wildman–Crippen LogP) is 5.22. The number of fused-ring (bicyclic) bond motifs is 1. The van der Waals surface area contributed by atoms with Crippen LogP contribution >= 0.6 is 22.9 Å². The summed E-state index contributed by atoms with van der Waals surface area (Å²) in [5, 5.41) is 4.32. The molecule has 0 atom stereocenters. The van der Waals surface area contributed by atoms with Crippen molar-refractivity contribution < 1.29 is 17.5 Å². The van der Waals surface area contributed by atoms with Gasteiger partial charge in [-0.05, 0) is 42.8 Å². The number of thiophene rings is 1. The number of rotatable bonds is 5. The van der Waals surface area contributed by atoms with Crippen LogP contribution in [0.25, 0.3) is 21.3 Å². The van der Waals surface area contributed by atoms with Crippen molar-refractivity contribution in [3.63, 3.8) is 0 Å². The number of benzene rings is 2. The zero-order chi connectivity index (χ0) is 23.9. The first-order chi connectivity index (χ1) is 16.3. The molecule has 0 bridgehead atoms. The lowest BCUT2D eigenvalue weighted by Crippen LogP contribution is -2.40. The summed E-state index contributed by atoms with van der Waals surface area (Å²) in [6, 6.07) is 10.8. The summed E-state index contributed by atoms with van der Waals surface area (Å²) in [5.41, 5.74) is 2.12. The molecule has 0 saturated carbocycles. The van der Waals surface area contributed by atoms with Crippen LogP contribution in [0.1, 0.15) is 4.88 Å². The molecule has 2 aromatic heterocycles. The molecule has 11 heteroatoms. The topological polar surface area (TPSA) is 84.4 Å². The number of aromatic nitrogens is 2. The molecule has 1 N–H and O–H groups in total. The molecule has 7 nitrogen and oxygen atoms in total. The van der Waals surface area contributed by atoms with Crippen molar-refractivity contribution in [3.8, 4) is 11.1 Å². The van der Waals surface area contributed by atoms with Crippen LogP contribution in [0.3, 0.4) is 0 Å². The van der Waals surface area contributed by atoms with Gasteiger partial charge in [-0.25, -0.2) is 22.8 Å². The van der Waals surface area contributed by atoms with Crippen LogP contribution in [0.2, 0.25) is 5.02 Å². The normalized spacial score (nSPS) is 15.0. The second-order valence-corrected chi connectivity index (χ2v) is 11.3. The molecule has 0 spiro atoms. The van der Waals surface area contributed by atoms with Gasteiger partial charge in [0, 0.05) is 23.5 Å². The Morgan fingerprint density at radius 3 is 2.59 bits per heavy atom. The van der Waals surface area contributed by atoms with Crippen LogP contribution in [0, 0.1) is 12.7 Å². The lowest BCUT2D eigenvalue weighted by molar-refractivity contribution is 0.0730. The van der Waals surface area contributed by atoms with E-state index in [0.29, 0.717) is 42.8 Å². The van der Waals surface area contributed by atoms with Crippen LogP contribution < -0.4 is 5.32 Å². The van der Waals surface area contributed by atoms with Gasteiger partial charge in [-0.2, -0.15) is 4.31 Å². The summed E-state index contributed by atoms with van der Waals surface area (Å²) < 4.78 is 46.5. The van der Waals surface area contributed by atoms with Crippen molar-refractivity contribution in [2.45, 2.75) is 11.8 Å². The summed E-state index contributed by atoms with van der Waals surface area (Å²) in [5.74, 6) is 0.164. The van der Waals surface area contributed by atoms with E-state index in [2.05, 4.69) is 15.3 Å². The van der Waals surface area contributed by atoms with E-state index in [0.717, 1.165) is 26.2 Å². The number of ether oxygens (including phenoxy) is 1. The fraction of sp³-hybridized carbons (Fsp3) is 0.217. The van der Waals surface area contributed by atoms with Crippen LogP contribution in [0.5, 0.6) is 0 Å². The maximum Gasteiger partial charge on any atom is 0.243 e. The van der Waals surface area contributed by atoms with Crippen LogP contribution in [-0.2, 0) is 14.8 Å². The molecular formula is C23H20ClFN4O3S2. The largest absolute Gasteiger partial charge is 0.379 e. The Morgan fingerprint density at radius 1 is 1.12 bits per heavy atom. The fourth-order valence-electron chi connectivity index (χ4n) is 3.93. The first kappa shape index (κ1) is 23.1. The van der Waals surface area contributed by atoms with E-state index in [1.54, 1.807) is 18.2 Å². The third-order valence-electron chi connectivity index (χ3n) is 5.60. The Hall–Kier alpha value is -2.63. The summed E-state index contributed by atoms with van der Waals surface area (Å²) in [4.78, 5) is 10.7. The van der Waals surface area contributed by atoms with E-state index in [1.165, 1.54) is 46.2 Å². The van der Waals surface area contributed by atoms with Gasteiger partial charge in [-0.3, -0.25) is 0 Å². The second kappa shape index (κ2) is 9.20. The number of morpholine rings is 1. The summed E-state index contributed by atoms with van der Waals surface area (Å²) in [6.07, 6.45) is 1.44. The number of nitrogens with one attached hydrogen (secondary N) is 1. The standard InChI is InChI=1S/C23H20ClFN4O3S2/c1-14-20(15-2-4-16(25)5-3-15)21-22(26-13-27-23(21)33-14)28-19-12-17(6-7-18(19)24)34(30,31)29-8-10-32-11-9-29/h2-7,12-13H,8-11H2,1H3,(H,26,27,28). The minimum absolute atomic E-state index is 0.131. The summed E-state index contributed by atoms with van der Waals surface area (Å²) in [7, 11) is -3.70. The molecule has 3 heterocycles. The molecule has 0 radical (unpaired) electrons. The fourth-order valence-corrected chi connectivity index (χ4v) is 6.54. The van der Waals surface area contributed by atoms with Gasteiger partial charge in [0.15, 0.2) is 0 Å². The maximum atomic E-state index is 13.5. The second-order valence-electron chi connectivity index (χ2n) is 7.73. The lowest BCUT2D eigenvalue weighted by atomic mass is 10.0. The molecule has 2 aromatic carbocycles. The van der Waals surface area contributed by atoms with Gasteiger partial charge in [0.05, 0.1) is 34.2 Å². The highest BCUT2D eigenvalue weighted by atomic mass is 35.5. The van der Waals surface area contributed by atoms with E-state index in [1.807, 2.05) is 6.92 Å². The smallest absolute Gasteiger partial charge is 0.243 e. The number of hydrogen-bond donors (Lipinski definition) is 1. The molecule has 1 saturated heterocycles.